The van der Waals surface area contributed by atoms with Crippen LogP contribution in [0.3, 0.4) is 0 Å². The molecule has 1 aliphatic rings. The Morgan fingerprint density at radius 2 is 1.88 bits per heavy atom. The SMILES string of the molecule is CC1(O)CN(C(=O)CNc2nccc(-c3nccc(C#Cc4ccc5c(cnn5C(=O)OC(C)(C)C)c4)n3)n2)C1. The third-order valence-electron chi connectivity index (χ3n) is 5.82. The van der Waals surface area contributed by atoms with Crippen LogP contribution in [0, 0.1) is 11.8 Å². The number of aromatic nitrogens is 6. The first-order chi connectivity index (χ1) is 19.0. The van der Waals surface area contributed by atoms with Gasteiger partial charge in [0, 0.05) is 23.3 Å². The summed E-state index contributed by atoms with van der Waals surface area (Å²) < 4.78 is 6.64. The number of amides is 1. The van der Waals surface area contributed by atoms with Crippen molar-refractivity contribution in [2.45, 2.75) is 38.9 Å². The monoisotopic (exact) mass is 540 g/mol. The van der Waals surface area contributed by atoms with E-state index < -0.39 is 17.3 Å². The highest BCUT2D eigenvalue weighted by atomic mass is 16.6. The Morgan fingerprint density at radius 3 is 2.62 bits per heavy atom. The Hall–Kier alpha value is -4.89. The molecule has 0 bridgehead atoms. The molecule has 0 spiro atoms. The van der Waals surface area contributed by atoms with Gasteiger partial charge in [0.15, 0.2) is 5.82 Å². The molecule has 1 aliphatic heterocycles. The second-order valence-corrected chi connectivity index (χ2v) is 10.7. The second kappa shape index (κ2) is 10.3. The van der Waals surface area contributed by atoms with Gasteiger partial charge in [-0.15, -0.1) is 0 Å². The normalized spacial score (nSPS) is 14.2. The van der Waals surface area contributed by atoms with Crippen LogP contribution in [-0.4, -0.2) is 82.6 Å². The highest BCUT2D eigenvalue weighted by Crippen LogP contribution is 2.20. The molecule has 204 valence electrons. The highest BCUT2D eigenvalue weighted by molar-refractivity contribution is 5.88. The molecule has 0 unspecified atom stereocenters. The van der Waals surface area contributed by atoms with Crippen LogP contribution in [0.1, 0.15) is 39.0 Å². The molecule has 2 N–H and O–H groups in total. The number of nitrogens with zero attached hydrogens (tertiary/aromatic N) is 7. The van der Waals surface area contributed by atoms with Gasteiger partial charge in [-0.1, -0.05) is 5.92 Å². The van der Waals surface area contributed by atoms with Crippen molar-refractivity contribution in [2.75, 3.05) is 25.0 Å². The van der Waals surface area contributed by atoms with Crippen molar-refractivity contribution in [3.8, 4) is 23.4 Å². The molecule has 40 heavy (non-hydrogen) atoms. The molecule has 12 nitrogen and oxygen atoms in total. The van der Waals surface area contributed by atoms with E-state index in [2.05, 4.69) is 42.2 Å². The van der Waals surface area contributed by atoms with E-state index in [0.717, 1.165) is 10.9 Å². The number of fused-ring (bicyclic) bond motifs is 1. The van der Waals surface area contributed by atoms with Gasteiger partial charge in [0.1, 0.15) is 17.0 Å². The lowest BCUT2D eigenvalue weighted by Crippen LogP contribution is -2.62. The zero-order valence-electron chi connectivity index (χ0n) is 22.5. The van der Waals surface area contributed by atoms with Crippen LogP contribution in [-0.2, 0) is 9.53 Å². The van der Waals surface area contributed by atoms with Crippen molar-refractivity contribution in [1.29, 1.82) is 0 Å². The van der Waals surface area contributed by atoms with Crippen LogP contribution >= 0.6 is 0 Å². The first-order valence-corrected chi connectivity index (χ1v) is 12.6. The number of hydrogen-bond acceptors (Lipinski definition) is 10. The zero-order chi connectivity index (χ0) is 28.5. The van der Waals surface area contributed by atoms with Crippen LogP contribution in [0.2, 0.25) is 0 Å². The molecule has 0 saturated carbocycles. The number of carbonyl (C=O) groups is 2. The lowest BCUT2D eigenvalue weighted by molar-refractivity contribution is -0.150. The third-order valence-corrected chi connectivity index (χ3v) is 5.82. The number of anilines is 1. The number of hydrogen-bond donors (Lipinski definition) is 2. The van der Waals surface area contributed by atoms with Gasteiger partial charge in [-0.2, -0.15) is 9.78 Å². The van der Waals surface area contributed by atoms with Crippen molar-refractivity contribution in [3.05, 3.63) is 60.2 Å². The Bertz CT molecular complexity index is 1650. The van der Waals surface area contributed by atoms with E-state index in [9.17, 15) is 14.7 Å². The molecule has 5 rings (SSSR count). The Morgan fingerprint density at radius 1 is 1.10 bits per heavy atom. The lowest BCUT2D eigenvalue weighted by atomic mass is 9.97. The quantitative estimate of drug-likeness (QED) is 0.370. The second-order valence-electron chi connectivity index (χ2n) is 10.7. The third kappa shape index (κ3) is 6.22. The minimum absolute atomic E-state index is 0.00687. The van der Waals surface area contributed by atoms with Gasteiger partial charge in [-0.05, 0) is 63.9 Å². The maximum Gasteiger partial charge on any atom is 0.435 e. The zero-order valence-corrected chi connectivity index (χ0v) is 22.5. The summed E-state index contributed by atoms with van der Waals surface area (Å²) in [5, 5.41) is 17.6. The predicted molar refractivity (Wildman–Crippen MR) is 146 cm³/mol. The number of ether oxygens (including phenoxy) is 1. The van der Waals surface area contributed by atoms with Crippen LogP contribution in [0.15, 0.2) is 48.9 Å². The molecular formula is C28H28N8O4. The summed E-state index contributed by atoms with van der Waals surface area (Å²) in [5.41, 5.74) is 0.848. The van der Waals surface area contributed by atoms with Crippen molar-refractivity contribution in [3.63, 3.8) is 0 Å². The minimum atomic E-state index is -0.824. The average Bonchev–Trinajstić information content (AvgIpc) is 3.32. The molecule has 1 amide bonds. The van der Waals surface area contributed by atoms with E-state index in [0.29, 0.717) is 35.8 Å². The summed E-state index contributed by atoms with van der Waals surface area (Å²) in [6.45, 7) is 7.71. The van der Waals surface area contributed by atoms with Crippen molar-refractivity contribution in [1.82, 2.24) is 34.6 Å². The Balaban J connectivity index is 1.27. The van der Waals surface area contributed by atoms with Crippen molar-refractivity contribution in [2.24, 2.45) is 0 Å². The van der Waals surface area contributed by atoms with E-state index in [1.54, 1.807) is 75.5 Å². The number of β-amino-alcohol motifs (C(OH)–C–C–N with tert-alkyl or cyclic N) is 1. The fourth-order valence-electron chi connectivity index (χ4n) is 4.04. The first-order valence-electron chi connectivity index (χ1n) is 12.6. The molecule has 1 aromatic carbocycles. The first kappa shape index (κ1) is 26.7. The molecule has 4 heterocycles. The fourth-order valence-corrected chi connectivity index (χ4v) is 4.04. The minimum Gasteiger partial charge on any atom is -0.442 e. The van der Waals surface area contributed by atoms with Gasteiger partial charge < -0.3 is 20.1 Å². The largest absolute Gasteiger partial charge is 0.442 e. The maximum atomic E-state index is 12.4. The van der Waals surface area contributed by atoms with E-state index in [1.165, 1.54) is 4.68 Å². The van der Waals surface area contributed by atoms with Gasteiger partial charge in [-0.3, -0.25) is 4.79 Å². The van der Waals surface area contributed by atoms with Crippen LogP contribution in [0.5, 0.6) is 0 Å². The molecule has 0 aliphatic carbocycles. The summed E-state index contributed by atoms with van der Waals surface area (Å²) >= 11 is 0. The van der Waals surface area contributed by atoms with Crippen molar-refractivity contribution >= 4 is 28.9 Å². The van der Waals surface area contributed by atoms with Gasteiger partial charge in [0.25, 0.3) is 0 Å². The average molecular weight is 541 g/mol. The topological polar surface area (TPSA) is 148 Å². The van der Waals surface area contributed by atoms with Crippen LogP contribution < -0.4 is 5.32 Å². The van der Waals surface area contributed by atoms with E-state index in [4.69, 9.17) is 4.74 Å². The highest BCUT2D eigenvalue weighted by Gasteiger charge is 2.39. The summed E-state index contributed by atoms with van der Waals surface area (Å²) in [6.07, 6.45) is 4.19. The Kier molecular flexibility index (Phi) is 6.91. The predicted octanol–water partition coefficient (Wildman–Crippen LogP) is 2.47. The van der Waals surface area contributed by atoms with Gasteiger partial charge in [-0.25, -0.2) is 24.7 Å². The molecule has 3 aromatic heterocycles. The number of benzene rings is 1. The van der Waals surface area contributed by atoms with E-state index in [1.807, 2.05) is 6.07 Å². The van der Waals surface area contributed by atoms with Crippen molar-refractivity contribution < 1.29 is 19.4 Å². The summed E-state index contributed by atoms with van der Waals surface area (Å²) in [6, 6.07) is 8.76. The molecule has 0 atom stereocenters. The Labute approximate surface area is 230 Å². The van der Waals surface area contributed by atoms with Gasteiger partial charge >= 0.3 is 6.09 Å². The smallest absolute Gasteiger partial charge is 0.435 e. The molecule has 4 aromatic rings. The molecule has 0 radical (unpaired) electrons. The maximum absolute atomic E-state index is 12.4. The summed E-state index contributed by atoms with van der Waals surface area (Å²) in [7, 11) is 0. The van der Waals surface area contributed by atoms with E-state index >= 15 is 0 Å². The number of rotatable bonds is 4. The molecule has 1 fully saturated rings. The van der Waals surface area contributed by atoms with Gasteiger partial charge in [0.2, 0.25) is 11.9 Å². The summed E-state index contributed by atoms with van der Waals surface area (Å²) in [4.78, 5) is 43.6. The number of aliphatic hydroxyl groups is 1. The van der Waals surface area contributed by atoms with Crippen LogP contribution in [0.4, 0.5) is 10.7 Å². The molecular weight excluding hydrogens is 512 g/mol. The standard InChI is InChI=1S/C28H28N8O4/c1-27(2,3)40-26(38)36-22-8-6-18(13-19(22)14-32-36)5-7-20-9-11-29-24(33-20)21-10-12-30-25(34-21)31-15-23(37)35-16-28(4,39)17-35/h6,8-14,39H,15-17H2,1-4H3,(H,30,31,34). The van der Waals surface area contributed by atoms with Gasteiger partial charge in [0.05, 0.1) is 36.9 Å². The molecule has 12 heteroatoms. The fraction of sp³-hybridized carbons (Fsp3) is 0.321. The summed E-state index contributed by atoms with van der Waals surface area (Å²) in [5.74, 6) is 6.59. The number of carbonyl (C=O) groups excluding carboxylic acids is 2. The lowest BCUT2D eigenvalue weighted by Gasteiger charge is -2.44. The van der Waals surface area contributed by atoms with E-state index in [-0.39, 0.29) is 18.4 Å². The number of nitrogens with one attached hydrogen (secondary N) is 1. The molecule has 1 saturated heterocycles. The number of likely N-dealkylation sites (tertiary alicyclic amines) is 1. The van der Waals surface area contributed by atoms with Crippen LogP contribution in [0.25, 0.3) is 22.4 Å².